The number of rotatable bonds is 5. The molecule has 9 heteroatoms. The maximum Gasteiger partial charge on any atom is 0.297 e. The molecule has 2 aromatic carbocycles. The van der Waals surface area contributed by atoms with E-state index >= 15 is 0 Å². The van der Waals surface area contributed by atoms with Gasteiger partial charge in [0, 0.05) is 5.02 Å². The van der Waals surface area contributed by atoms with Gasteiger partial charge in [0.2, 0.25) is 10.9 Å². The van der Waals surface area contributed by atoms with E-state index in [2.05, 4.69) is 10.2 Å². The standard InChI is InChI=1S/C24H20ClN3O4S/c1-4-9-31-15-7-5-14(6-8-15)20-19-21(29)16-11-17(25)12(2)10-18(16)32-22(19)23(30)28(20)24-27-26-13(3)33-24/h5-8,10-11,20H,4,9H2,1-3H3. The molecule has 168 valence electrons. The third kappa shape index (κ3) is 3.59. The molecule has 0 bridgehead atoms. The molecule has 0 N–H and O–H groups in total. The number of halogens is 1. The van der Waals surface area contributed by atoms with Crippen LogP contribution in [-0.4, -0.2) is 22.7 Å². The minimum Gasteiger partial charge on any atom is -0.494 e. The molecule has 1 aliphatic rings. The number of anilines is 1. The van der Waals surface area contributed by atoms with E-state index in [1.54, 1.807) is 12.1 Å². The molecule has 0 fully saturated rings. The lowest BCUT2D eigenvalue weighted by Crippen LogP contribution is -2.29. The highest BCUT2D eigenvalue weighted by Crippen LogP contribution is 2.42. The molecule has 0 radical (unpaired) electrons. The van der Waals surface area contributed by atoms with Crippen LogP contribution >= 0.6 is 22.9 Å². The maximum absolute atomic E-state index is 13.6. The van der Waals surface area contributed by atoms with Gasteiger partial charge in [-0.25, -0.2) is 0 Å². The molecule has 1 aliphatic heterocycles. The van der Waals surface area contributed by atoms with Gasteiger partial charge >= 0.3 is 0 Å². The molecule has 5 rings (SSSR count). The van der Waals surface area contributed by atoms with Crippen LogP contribution in [0.5, 0.6) is 5.75 Å². The monoisotopic (exact) mass is 481 g/mol. The first kappa shape index (κ1) is 21.6. The van der Waals surface area contributed by atoms with Crippen LogP contribution in [0.4, 0.5) is 5.13 Å². The molecule has 1 amide bonds. The number of aryl methyl sites for hydroxylation is 2. The molecule has 7 nitrogen and oxygen atoms in total. The van der Waals surface area contributed by atoms with Crippen molar-refractivity contribution in [2.75, 3.05) is 11.5 Å². The van der Waals surface area contributed by atoms with E-state index in [9.17, 15) is 9.59 Å². The smallest absolute Gasteiger partial charge is 0.297 e. The van der Waals surface area contributed by atoms with Crippen LogP contribution in [0.25, 0.3) is 11.0 Å². The lowest BCUT2D eigenvalue weighted by molar-refractivity contribution is 0.0970. The number of carbonyl (C=O) groups excluding carboxylic acids is 1. The number of hydrogen-bond donors (Lipinski definition) is 0. The fourth-order valence-electron chi connectivity index (χ4n) is 3.96. The van der Waals surface area contributed by atoms with E-state index in [1.807, 2.05) is 45.0 Å². The molecular weight excluding hydrogens is 462 g/mol. The van der Waals surface area contributed by atoms with Gasteiger partial charge in [0.05, 0.1) is 23.6 Å². The highest BCUT2D eigenvalue weighted by Gasteiger charge is 2.45. The summed E-state index contributed by atoms with van der Waals surface area (Å²) in [6, 6.07) is 9.94. The second-order valence-electron chi connectivity index (χ2n) is 7.87. The van der Waals surface area contributed by atoms with Crippen molar-refractivity contribution in [3.63, 3.8) is 0 Å². The molecule has 4 aromatic rings. The number of ether oxygens (including phenoxy) is 1. The third-order valence-corrected chi connectivity index (χ3v) is 6.79. The highest BCUT2D eigenvalue weighted by molar-refractivity contribution is 7.15. The van der Waals surface area contributed by atoms with Crippen molar-refractivity contribution in [2.45, 2.75) is 33.2 Å². The first-order valence-corrected chi connectivity index (χ1v) is 11.7. The second kappa shape index (κ2) is 8.28. The Morgan fingerprint density at radius 1 is 1.15 bits per heavy atom. The van der Waals surface area contributed by atoms with Gasteiger partial charge in [-0.2, -0.15) is 0 Å². The lowest BCUT2D eigenvalue weighted by Gasteiger charge is -2.22. The van der Waals surface area contributed by atoms with Crippen LogP contribution in [0.1, 0.15) is 51.6 Å². The Hall–Kier alpha value is -3.23. The fourth-order valence-corrected chi connectivity index (χ4v) is 4.83. The van der Waals surface area contributed by atoms with Crippen molar-refractivity contribution in [1.29, 1.82) is 0 Å². The molecule has 33 heavy (non-hydrogen) atoms. The summed E-state index contributed by atoms with van der Waals surface area (Å²) in [5, 5.41) is 10.1. The molecule has 0 saturated heterocycles. The number of aromatic nitrogens is 2. The van der Waals surface area contributed by atoms with Crippen LogP contribution in [0.2, 0.25) is 5.02 Å². The predicted molar refractivity (Wildman–Crippen MR) is 128 cm³/mol. The van der Waals surface area contributed by atoms with Crippen molar-refractivity contribution in [1.82, 2.24) is 10.2 Å². The summed E-state index contributed by atoms with van der Waals surface area (Å²) in [6.07, 6.45) is 0.895. The zero-order valence-electron chi connectivity index (χ0n) is 18.2. The molecule has 1 atom stereocenters. The first-order chi connectivity index (χ1) is 15.9. The Balaban J connectivity index is 1.73. The lowest BCUT2D eigenvalue weighted by atomic mass is 9.98. The third-order valence-electron chi connectivity index (χ3n) is 5.54. The molecular formula is C24H20ClN3O4S. The SMILES string of the molecule is CCCOc1ccc(C2c3c(oc4cc(C)c(Cl)cc4c3=O)C(=O)N2c2nnc(C)s2)cc1. The Kier molecular flexibility index (Phi) is 5.42. The number of carbonyl (C=O) groups is 1. The van der Waals surface area contributed by atoms with Gasteiger partial charge in [-0.3, -0.25) is 14.5 Å². The largest absolute Gasteiger partial charge is 0.494 e. The Bertz CT molecular complexity index is 1440. The van der Waals surface area contributed by atoms with E-state index in [0.29, 0.717) is 32.7 Å². The van der Waals surface area contributed by atoms with Crippen LogP contribution < -0.4 is 15.1 Å². The van der Waals surface area contributed by atoms with Crippen molar-refractivity contribution >= 4 is 44.9 Å². The number of fused-ring (bicyclic) bond motifs is 2. The van der Waals surface area contributed by atoms with Gasteiger partial charge in [-0.1, -0.05) is 42.0 Å². The summed E-state index contributed by atoms with van der Waals surface area (Å²) in [6.45, 7) is 6.27. The Morgan fingerprint density at radius 3 is 2.58 bits per heavy atom. The number of nitrogens with zero attached hydrogens (tertiary/aromatic N) is 3. The normalized spacial score (nSPS) is 15.3. The number of benzene rings is 2. The Morgan fingerprint density at radius 2 is 1.91 bits per heavy atom. The van der Waals surface area contributed by atoms with Crippen molar-refractivity contribution in [3.8, 4) is 5.75 Å². The summed E-state index contributed by atoms with van der Waals surface area (Å²) in [4.78, 5) is 28.7. The van der Waals surface area contributed by atoms with E-state index in [0.717, 1.165) is 23.3 Å². The molecule has 0 spiro atoms. The Labute approximate surface area is 198 Å². The molecule has 3 heterocycles. The van der Waals surface area contributed by atoms with Crippen LogP contribution in [0.15, 0.2) is 45.6 Å². The summed E-state index contributed by atoms with van der Waals surface area (Å²) in [5.41, 5.74) is 1.80. The van der Waals surface area contributed by atoms with E-state index in [-0.39, 0.29) is 16.8 Å². The van der Waals surface area contributed by atoms with Crippen molar-refractivity contribution in [3.05, 3.63) is 79.1 Å². The average Bonchev–Trinajstić information content (AvgIpc) is 3.35. The maximum atomic E-state index is 13.6. The minimum atomic E-state index is -0.708. The van der Waals surface area contributed by atoms with Gasteiger partial charge in [0.25, 0.3) is 5.91 Å². The van der Waals surface area contributed by atoms with Crippen molar-refractivity contribution in [2.24, 2.45) is 0 Å². The van der Waals surface area contributed by atoms with Gasteiger partial charge < -0.3 is 9.15 Å². The first-order valence-electron chi connectivity index (χ1n) is 10.5. The van der Waals surface area contributed by atoms with E-state index in [1.165, 1.54) is 16.2 Å². The summed E-state index contributed by atoms with van der Waals surface area (Å²) >= 11 is 7.57. The molecule has 2 aromatic heterocycles. The van der Waals surface area contributed by atoms with Gasteiger partial charge in [-0.15, -0.1) is 10.2 Å². The van der Waals surface area contributed by atoms with Gasteiger partial charge in [0.15, 0.2) is 5.43 Å². The fraction of sp³-hybridized carbons (Fsp3) is 0.250. The van der Waals surface area contributed by atoms with Gasteiger partial charge in [0.1, 0.15) is 16.3 Å². The van der Waals surface area contributed by atoms with E-state index in [4.69, 9.17) is 20.8 Å². The average molecular weight is 482 g/mol. The molecule has 0 aliphatic carbocycles. The zero-order chi connectivity index (χ0) is 23.3. The molecule has 1 unspecified atom stereocenters. The highest BCUT2D eigenvalue weighted by atomic mass is 35.5. The second-order valence-corrected chi connectivity index (χ2v) is 9.44. The van der Waals surface area contributed by atoms with Crippen LogP contribution in [0, 0.1) is 13.8 Å². The van der Waals surface area contributed by atoms with Crippen LogP contribution in [0.3, 0.4) is 0 Å². The summed E-state index contributed by atoms with van der Waals surface area (Å²) < 4.78 is 11.7. The van der Waals surface area contributed by atoms with Crippen LogP contribution in [-0.2, 0) is 0 Å². The quantitative estimate of drug-likeness (QED) is 0.376. The summed E-state index contributed by atoms with van der Waals surface area (Å²) in [7, 11) is 0. The predicted octanol–water partition coefficient (Wildman–Crippen LogP) is 5.45. The van der Waals surface area contributed by atoms with E-state index < -0.39 is 11.9 Å². The van der Waals surface area contributed by atoms with Crippen molar-refractivity contribution < 1.29 is 13.9 Å². The zero-order valence-corrected chi connectivity index (χ0v) is 19.8. The molecule has 0 saturated carbocycles. The minimum absolute atomic E-state index is 0.0124. The topological polar surface area (TPSA) is 85.5 Å². The summed E-state index contributed by atoms with van der Waals surface area (Å²) in [5.74, 6) is 0.304. The van der Waals surface area contributed by atoms with Gasteiger partial charge in [-0.05, 0) is 55.7 Å². The number of amides is 1. The number of hydrogen-bond acceptors (Lipinski definition) is 7.